The number of nitrogens with one attached hydrogen (secondary N) is 1. The molecule has 1 amide bonds. The average molecular weight is 278 g/mol. The molecular formula is C16H26N2O2. The molecule has 0 bridgehead atoms. The summed E-state index contributed by atoms with van der Waals surface area (Å²) in [5, 5.41) is 3.01. The molecule has 0 saturated carbocycles. The van der Waals surface area contributed by atoms with Gasteiger partial charge in [0.2, 0.25) is 5.91 Å². The van der Waals surface area contributed by atoms with Gasteiger partial charge in [-0.15, -0.1) is 0 Å². The molecule has 0 aliphatic heterocycles. The molecule has 0 atom stereocenters. The van der Waals surface area contributed by atoms with Crippen LogP contribution < -0.4 is 11.1 Å². The fourth-order valence-electron chi connectivity index (χ4n) is 2.19. The highest BCUT2D eigenvalue weighted by Crippen LogP contribution is 2.28. The Bertz CT molecular complexity index is 420. The van der Waals surface area contributed by atoms with Crippen molar-refractivity contribution in [2.24, 2.45) is 11.1 Å². The first kappa shape index (κ1) is 16.7. The molecule has 0 heterocycles. The first-order valence-electron chi connectivity index (χ1n) is 7.30. The maximum atomic E-state index is 12.5. The summed E-state index contributed by atoms with van der Waals surface area (Å²) in [5.41, 5.74) is 7.13. The van der Waals surface area contributed by atoms with Gasteiger partial charge in [-0.05, 0) is 25.8 Å². The fraction of sp³-hybridized carbons (Fsp3) is 0.562. The molecule has 4 nitrogen and oxygen atoms in total. The second kappa shape index (κ2) is 8.02. The quantitative estimate of drug-likeness (QED) is 0.768. The number of rotatable bonds is 8. The number of amides is 1. The molecule has 112 valence electrons. The predicted octanol–water partition coefficient (Wildman–Crippen LogP) is 2.93. The first-order chi connectivity index (χ1) is 9.63. The van der Waals surface area contributed by atoms with Crippen LogP contribution in [-0.2, 0) is 16.1 Å². The maximum absolute atomic E-state index is 12.5. The second-order valence-corrected chi connectivity index (χ2v) is 4.94. The van der Waals surface area contributed by atoms with Crippen molar-refractivity contribution in [1.82, 2.24) is 0 Å². The Morgan fingerprint density at radius 3 is 2.45 bits per heavy atom. The van der Waals surface area contributed by atoms with Gasteiger partial charge in [0.05, 0.1) is 12.0 Å². The van der Waals surface area contributed by atoms with Crippen LogP contribution in [0.3, 0.4) is 0 Å². The zero-order valence-electron chi connectivity index (χ0n) is 12.7. The van der Waals surface area contributed by atoms with Gasteiger partial charge in [-0.3, -0.25) is 4.79 Å². The van der Waals surface area contributed by atoms with Crippen molar-refractivity contribution in [3.8, 4) is 0 Å². The molecule has 0 saturated heterocycles. The van der Waals surface area contributed by atoms with Crippen molar-refractivity contribution in [3.63, 3.8) is 0 Å². The Morgan fingerprint density at radius 2 is 1.90 bits per heavy atom. The SMILES string of the molecule is CCOCc1ccccc1NC(=O)C(CC)(CC)CN. The van der Waals surface area contributed by atoms with Crippen molar-refractivity contribution in [3.05, 3.63) is 29.8 Å². The topological polar surface area (TPSA) is 64.3 Å². The predicted molar refractivity (Wildman–Crippen MR) is 82.5 cm³/mol. The molecule has 0 aliphatic carbocycles. The van der Waals surface area contributed by atoms with E-state index in [4.69, 9.17) is 10.5 Å². The molecule has 0 unspecified atom stereocenters. The van der Waals surface area contributed by atoms with E-state index in [0.29, 0.717) is 19.8 Å². The molecule has 1 rings (SSSR count). The molecule has 0 radical (unpaired) electrons. The molecule has 0 fully saturated rings. The number of hydrogen-bond donors (Lipinski definition) is 2. The molecular weight excluding hydrogens is 252 g/mol. The zero-order valence-corrected chi connectivity index (χ0v) is 12.7. The maximum Gasteiger partial charge on any atom is 0.231 e. The number of ether oxygens (including phenoxy) is 1. The molecule has 0 spiro atoms. The van der Waals surface area contributed by atoms with Gasteiger partial charge in [-0.1, -0.05) is 32.0 Å². The van der Waals surface area contributed by atoms with Gasteiger partial charge in [0.15, 0.2) is 0 Å². The Labute approximate surface area is 121 Å². The van der Waals surface area contributed by atoms with Crippen LogP contribution in [0.25, 0.3) is 0 Å². The molecule has 20 heavy (non-hydrogen) atoms. The number of carbonyl (C=O) groups excluding carboxylic acids is 1. The van der Waals surface area contributed by atoms with E-state index in [1.807, 2.05) is 45.0 Å². The van der Waals surface area contributed by atoms with Gasteiger partial charge >= 0.3 is 0 Å². The van der Waals surface area contributed by atoms with E-state index in [2.05, 4.69) is 5.32 Å². The van der Waals surface area contributed by atoms with Crippen LogP contribution in [0.2, 0.25) is 0 Å². The molecule has 0 aromatic heterocycles. The number of nitrogens with two attached hydrogens (primary N) is 1. The van der Waals surface area contributed by atoms with E-state index < -0.39 is 5.41 Å². The van der Waals surface area contributed by atoms with E-state index in [1.54, 1.807) is 0 Å². The lowest BCUT2D eigenvalue weighted by Gasteiger charge is -2.29. The average Bonchev–Trinajstić information content (AvgIpc) is 2.49. The summed E-state index contributed by atoms with van der Waals surface area (Å²) in [6.45, 7) is 7.47. The van der Waals surface area contributed by atoms with E-state index in [-0.39, 0.29) is 5.91 Å². The molecule has 4 heteroatoms. The molecule has 3 N–H and O–H groups in total. The van der Waals surface area contributed by atoms with E-state index in [9.17, 15) is 4.79 Å². The number of benzene rings is 1. The summed E-state index contributed by atoms with van der Waals surface area (Å²) in [5.74, 6) is -0.00560. The minimum Gasteiger partial charge on any atom is -0.377 e. The van der Waals surface area contributed by atoms with E-state index in [1.165, 1.54) is 0 Å². The Kier molecular flexibility index (Phi) is 6.68. The van der Waals surface area contributed by atoms with Crippen LogP contribution in [0.15, 0.2) is 24.3 Å². The van der Waals surface area contributed by atoms with Crippen molar-refractivity contribution < 1.29 is 9.53 Å². The standard InChI is InChI=1S/C16H26N2O2/c1-4-16(5-2,12-17)15(19)18-14-10-8-7-9-13(14)11-20-6-3/h7-10H,4-6,11-12,17H2,1-3H3,(H,18,19). The monoisotopic (exact) mass is 278 g/mol. The Morgan fingerprint density at radius 1 is 1.25 bits per heavy atom. The number of carbonyl (C=O) groups is 1. The van der Waals surface area contributed by atoms with Gasteiger partial charge in [0, 0.05) is 24.4 Å². The highest BCUT2D eigenvalue weighted by atomic mass is 16.5. The lowest BCUT2D eigenvalue weighted by Crippen LogP contribution is -2.41. The van der Waals surface area contributed by atoms with Gasteiger partial charge in [-0.25, -0.2) is 0 Å². The van der Waals surface area contributed by atoms with Gasteiger partial charge < -0.3 is 15.8 Å². The summed E-state index contributed by atoms with van der Waals surface area (Å²) in [4.78, 5) is 12.5. The van der Waals surface area contributed by atoms with Crippen molar-refractivity contribution in [2.75, 3.05) is 18.5 Å². The van der Waals surface area contributed by atoms with Crippen LogP contribution in [0.1, 0.15) is 39.2 Å². The van der Waals surface area contributed by atoms with Crippen LogP contribution in [-0.4, -0.2) is 19.1 Å². The number of hydrogen-bond acceptors (Lipinski definition) is 3. The Hall–Kier alpha value is -1.39. The summed E-state index contributed by atoms with van der Waals surface area (Å²) in [6, 6.07) is 7.72. The van der Waals surface area contributed by atoms with Crippen molar-refractivity contribution in [2.45, 2.75) is 40.2 Å². The van der Waals surface area contributed by atoms with Gasteiger partial charge in [0.25, 0.3) is 0 Å². The third-order valence-corrected chi connectivity index (χ3v) is 3.95. The normalized spacial score (nSPS) is 11.4. The van der Waals surface area contributed by atoms with Crippen LogP contribution in [0.5, 0.6) is 0 Å². The minimum atomic E-state index is -0.487. The van der Waals surface area contributed by atoms with Crippen molar-refractivity contribution >= 4 is 11.6 Å². The lowest BCUT2D eigenvalue weighted by molar-refractivity contribution is -0.125. The highest BCUT2D eigenvalue weighted by molar-refractivity contribution is 5.96. The van der Waals surface area contributed by atoms with Crippen molar-refractivity contribution in [1.29, 1.82) is 0 Å². The molecule has 0 aliphatic rings. The number of anilines is 1. The third kappa shape index (κ3) is 3.81. The van der Waals surface area contributed by atoms with Crippen LogP contribution in [0, 0.1) is 5.41 Å². The summed E-state index contributed by atoms with van der Waals surface area (Å²) < 4.78 is 5.43. The number of para-hydroxylation sites is 1. The summed E-state index contributed by atoms with van der Waals surface area (Å²) in [7, 11) is 0. The van der Waals surface area contributed by atoms with Crippen LogP contribution in [0.4, 0.5) is 5.69 Å². The molecule has 1 aromatic rings. The van der Waals surface area contributed by atoms with Crippen LogP contribution >= 0.6 is 0 Å². The lowest BCUT2D eigenvalue weighted by atomic mass is 9.81. The highest BCUT2D eigenvalue weighted by Gasteiger charge is 2.33. The van der Waals surface area contributed by atoms with E-state index >= 15 is 0 Å². The van der Waals surface area contributed by atoms with Gasteiger partial charge in [-0.2, -0.15) is 0 Å². The smallest absolute Gasteiger partial charge is 0.231 e. The zero-order chi connectivity index (χ0) is 15.0. The third-order valence-electron chi connectivity index (χ3n) is 3.95. The summed E-state index contributed by atoms with van der Waals surface area (Å²) >= 11 is 0. The summed E-state index contributed by atoms with van der Waals surface area (Å²) in [6.07, 6.45) is 1.47. The second-order valence-electron chi connectivity index (χ2n) is 4.94. The minimum absolute atomic E-state index is 0.00560. The molecule has 1 aromatic carbocycles. The first-order valence-corrected chi connectivity index (χ1v) is 7.30. The Balaban J connectivity index is 2.89. The van der Waals surface area contributed by atoms with Gasteiger partial charge in [0.1, 0.15) is 0 Å². The van der Waals surface area contributed by atoms with E-state index in [0.717, 1.165) is 24.1 Å². The largest absolute Gasteiger partial charge is 0.377 e. The fourth-order valence-corrected chi connectivity index (χ4v) is 2.19.